The van der Waals surface area contributed by atoms with E-state index in [9.17, 15) is 9.59 Å². The number of hydrogen-bond donors (Lipinski definition) is 1. The van der Waals surface area contributed by atoms with Gasteiger partial charge in [0.15, 0.2) is 11.0 Å². The molecule has 0 bridgehead atoms. The Morgan fingerprint density at radius 1 is 1.57 bits per heavy atom. The predicted molar refractivity (Wildman–Crippen MR) is 76.1 cm³/mol. The van der Waals surface area contributed by atoms with E-state index in [2.05, 4.69) is 20.2 Å². The molecular formula is C12H14N6O2S. The molecule has 9 heteroatoms. The van der Waals surface area contributed by atoms with E-state index in [-0.39, 0.29) is 23.6 Å². The van der Waals surface area contributed by atoms with Gasteiger partial charge in [-0.1, -0.05) is 11.8 Å². The second kappa shape index (κ2) is 5.32. The second-order valence-corrected chi connectivity index (χ2v) is 5.82. The Bertz CT molecular complexity index is 752. The fraction of sp³-hybridized carbons (Fsp3) is 0.417. The highest BCUT2D eigenvalue weighted by Gasteiger charge is 2.22. The molecule has 0 saturated carbocycles. The lowest BCUT2D eigenvalue weighted by molar-refractivity contribution is 0.0778. The van der Waals surface area contributed by atoms with E-state index < -0.39 is 0 Å². The van der Waals surface area contributed by atoms with Crippen LogP contribution in [0.2, 0.25) is 0 Å². The molecular weight excluding hydrogens is 292 g/mol. The standard InChI is InChI=1S/C12H14N6O2S/c1-7-14-9(16-15-7)6-17(2)10(19)8-5-13-12-18(11(8)20)3-4-21-12/h5H,3-4,6H2,1-2H3,(H,14,15,16). The van der Waals surface area contributed by atoms with Crippen LogP contribution < -0.4 is 5.56 Å². The molecule has 0 saturated heterocycles. The Balaban J connectivity index is 1.83. The Hall–Kier alpha value is -2.16. The van der Waals surface area contributed by atoms with Crippen molar-refractivity contribution in [2.75, 3.05) is 12.8 Å². The summed E-state index contributed by atoms with van der Waals surface area (Å²) < 4.78 is 1.54. The number of amides is 1. The third-order valence-corrected chi connectivity index (χ3v) is 4.13. The lowest BCUT2D eigenvalue weighted by Gasteiger charge is -2.15. The summed E-state index contributed by atoms with van der Waals surface area (Å²) in [5.41, 5.74) is -0.205. The van der Waals surface area contributed by atoms with Crippen LogP contribution in [-0.2, 0) is 13.1 Å². The van der Waals surface area contributed by atoms with Gasteiger partial charge in [0.05, 0.1) is 6.54 Å². The van der Waals surface area contributed by atoms with E-state index in [0.29, 0.717) is 23.4 Å². The lowest BCUT2D eigenvalue weighted by Crippen LogP contribution is -2.34. The summed E-state index contributed by atoms with van der Waals surface area (Å²) in [6.07, 6.45) is 1.36. The average Bonchev–Trinajstić information content (AvgIpc) is 3.08. The van der Waals surface area contributed by atoms with Gasteiger partial charge in [-0.2, -0.15) is 5.10 Å². The minimum Gasteiger partial charge on any atom is -0.334 e. The molecule has 0 radical (unpaired) electrons. The van der Waals surface area contributed by atoms with E-state index in [0.717, 1.165) is 5.75 Å². The zero-order valence-corrected chi connectivity index (χ0v) is 12.5. The van der Waals surface area contributed by atoms with Gasteiger partial charge in [-0.3, -0.25) is 19.3 Å². The van der Waals surface area contributed by atoms with Gasteiger partial charge >= 0.3 is 0 Å². The minimum atomic E-state index is -0.373. The Labute approximate surface area is 124 Å². The van der Waals surface area contributed by atoms with E-state index in [4.69, 9.17) is 0 Å². The number of nitrogens with one attached hydrogen (secondary N) is 1. The van der Waals surface area contributed by atoms with Crippen molar-refractivity contribution in [2.24, 2.45) is 0 Å². The van der Waals surface area contributed by atoms with Crippen molar-refractivity contribution in [1.29, 1.82) is 0 Å². The third kappa shape index (κ3) is 2.56. The third-order valence-electron chi connectivity index (χ3n) is 3.16. The van der Waals surface area contributed by atoms with Crippen molar-refractivity contribution in [1.82, 2.24) is 29.6 Å². The number of fused-ring (bicyclic) bond motifs is 1. The maximum Gasteiger partial charge on any atom is 0.267 e. The van der Waals surface area contributed by atoms with Gasteiger partial charge in [0.1, 0.15) is 11.4 Å². The molecule has 0 unspecified atom stereocenters. The first-order chi connectivity index (χ1) is 10.1. The Morgan fingerprint density at radius 3 is 3.10 bits per heavy atom. The molecule has 3 heterocycles. The maximum atomic E-state index is 12.4. The highest BCUT2D eigenvalue weighted by molar-refractivity contribution is 7.99. The van der Waals surface area contributed by atoms with Gasteiger partial charge in [-0.05, 0) is 6.92 Å². The van der Waals surface area contributed by atoms with Crippen molar-refractivity contribution >= 4 is 17.7 Å². The van der Waals surface area contributed by atoms with Crippen molar-refractivity contribution < 1.29 is 4.79 Å². The minimum absolute atomic E-state index is 0.0796. The van der Waals surface area contributed by atoms with Crippen molar-refractivity contribution in [3.8, 4) is 0 Å². The maximum absolute atomic E-state index is 12.4. The van der Waals surface area contributed by atoms with Gasteiger partial charge < -0.3 is 4.90 Å². The van der Waals surface area contributed by atoms with Gasteiger partial charge in [0.2, 0.25) is 0 Å². The molecule has 0 atom stereocenters. The monoisotopic (exact) mass is 306 g/mol. The highest BCUT2D eigenvalue weighted by atomic mass is 32.2. The molecule has 8 nitrogen and oxygen atoms in total. The van der Waals surface area contributed by atoms with Gasteiger partial charge in [0.25, 0.3) is 11.5 Å². The number of rotatable bonds is 3. The fourth-order valence-corrected chi connectivity index (χ4v) is 3.03. The average molecular weight is 306 g/mol. The molecule has 0 spiro atoms. The van der Waals surface area contributed by atoms with Crippen LogP contribution in [0.1, 0.15) is 22.0 Å². The topological polar surface area (TPSA) is 96.8 Å². The summed E-state index contributed by atoms with van der Waals surface area (Å²) in [6.45, 7) is 2.61. The first-order valence-electron chi connectivity index (χ1n) is 6.42. The van der Waals surface area contributed by atoms with Crippen LogP contribution in [0.4, 0.5) is 0 Å². The first-order valence-corrected chi connectivity index (χ1v) is 7.41. The molecule has 110 valence electrons. The van der Waals surface area contributed by atoms with Crippen LogP contribution in [0.15, 0.2) is 16.1 Å². The van der Waals surface area contributed by atoms with E-state index >= 15 is 0 Å². The van der Waals surface area contributed by atoms with Crippen LogP contribution >= 0.6 is 11.8 Å². The Kier molecular flexibility index (Phi) is 3.50. The normalized spacial score (nSPS) is 13.2. The molecule has 0 aliphatic carbocycles. The van der Waals surface area contributed by atoms with Crippen LogP contribution in [0.5, 0.6) is 0 Å². The van der Waals surface area contributed by atoms with E-state index in [1.807, 2.05) is 0 Å². The number of aryl methyl sites for hydroxylation is 1. The van der Waals surface area contributed by atoms with Crippen molar-refractivity contribution in [3.63, 3.8) is 0 Å². The van der Waals surface area contributed by atoms with E-state index in [1.54, 1.807) is 18.5 Å². The smallest absolute Gasteiger partial charge is 0.267 e. The van der Waals surface area contributed by atoms with Crippen LogP contribution in [0.25, 0.3) is 0 Å². The molecule has 21 heavy (non-hydrogen) atoms. The first kappa shape index (κ1) is 13.8. The predicted octanol–water partition coefficient (Wildman–Crippen LogP) is 0.0477. The molecule has 1 aliphatic heterocycles. The van der Waals surface area contributed by atoms with Crippen LogP contribution in [0.3, 0.4) is 0 Å². The van der Waals surface area contributed by atoms with Gasteiger partial charge in [-0.25, -0.2) is 9.97 Å². The number of carbonyl (C=O) groups is 1. The summed E-state index contributed by atoms with van der Waals surface area (Å²) in [7, 11) is 1.61. The van der Waals surface area contributed by atoms with Crippen LogP contribution in [-0.4, -0.2) is 48.3 Å². The van der Waals surface area contributed by atoms with Crippen molar-refractivity contribution in [2.45, 2.75) is 25.2 Å². The van der Waals surface area contributed by atoms with Crippen molar-refractivity contribution in [3.05, 3.63) is 33.8 Å². The summed E-state index contributed by atoms with van der Waals surface area (Å²) in [6, 6.07) is 0. The Morgan fingerprint density at radius 2 is 2.38 bits per heavy atom. The number of aromatic nitrogens is 5. The summed E-state index contributed by atoms with van der Waals surface area (Å²) in [5, 5.41) is 7.37. The molecule has 3 rings (SSSR count). The summed E-state index contributed by atoms with van der Waals surface area (Å²) in [5.74, 6) is 1.63. The van der Waals surface area contributed by atoms with Crippen LogP contribution in [0, 0.1) is 6.92 Å². The number of nitrogens with zero attached hydrogens (tertiary/aromatic N) is 5. The second-order valence-electron chi connectivity index (χ2n) is 4.76. The molecule has 0 aromatic carbocycles. The number of H-pyrrole nitrogens is 1. The molecule has 2 aromatic rings. The molecule has 0 fully saturated rings. The summed E-state index contributed by atoms with van der Waals surface area (Å²) >= 11 is 1.52. The largest absolute Gasteiger partial charge is 0.334 e. The molecule has 1 amide bonds. The SMILES string of the molecule is Cc1nc(CN(C)C(=O)c2cnc3n(c2=O)CCS3)n[nH]1. The van der Waals surface area contributed by atoms with Gasteiger partial charge in [0, 0.05) is 25.5 Å². The quantitative estimate of drug-likeness (QED) is 0.805. The zero-order chi connectivity index (χ0) is 15.0. The number of hydrogen-bond acceptors (Lipinski definition) is 6. The van der Waals surface area contributed by atoms with E-state index in [1.165, 1.54) is 22.9 Å². The number of carbonyl (C=O) groups excluding carboxylic acids is 1. The van der Waals surface area contributed by atoms with Gasteiger partial charge in [-0.15, -0.1) is 0 Å². The molecule has 1 aliphatic rings. The lowest BCUT2D eigenvalue weighted by atomic mass is 10.3. The number of aromatic amines is 1. The molecule has 2 aromatic heterocycles. The fourth-order valence-electron chi connectivity index (χ4n) is 2.11. The highest BCUT2D eigenvalue weighted by Crippen LogP contribution is 2.20. The number of thioether (sulfide) groups is 1. The zero-order valence-electron chi connectivity index (χ0n) is 11.7. The molecule has 1 N–H and O–H groups in total. The summed E-state index contributed by atoms with van der Waals surface area (Å²) in [4.78, 5) is 34.4.